The lowest BCUT2D eigenvalue weighted by Gasteiger charge is -2.34. The second kappa shape index (κ2) is 7.55. The summed E-state index contributed by atoms with van der Waals surface area (Å²) in [7, 11) is 0. The van der Waals surface area contributed by atoms with Gasteiger partial charge in [-0.3, -0.25) is 14.5 Å². The van der Waals surface area contributed by atoms with Crippen LogP contribution in [0.3, 0.4) is 0 Å². The molecule has 0 radical (unpaired) electrons. The van der Waals surface area contributed by atoms with Crippen LogP contribution < -0.4 is 0 Å². The normalized spacial score (nSPS) is 17.1. The van der Waals surface area contributed by atoms with E-state index < -0.39 is 5.97 Å². The molecule has 1 fully saturated rings. The highest BCUT2D eigenvalue weighted by Crippen LogP contribution is 2.06. The van der Waals surface area contributed by atoms with E-state index in [2.05, 4.69) is 4.90 Å². The van der Waals surface area contributed by atoms with Gasteiger partial charge < -0.3 is 10.0 Å². The summed E-state index contributed by atoms with van der Waals surface area (Å²) in [6, 6.07) is 0. The van der Waals surface area contributed by atoms with E-state index in [-0.39, 0.29) is 12.3 Å². The Kier molecular flexibility index (Phi) is 6.36. The van der Waals surface area contributed by atoms with Gasteiger partial charge in [0.2, 0.25) is 5.91 Å². The van der Waals surface area contributed by atoms with E-state index in [1.165, 1.54) is 0 Å². The highest BCUT2D eigenvalue weighted by atomic mass is 32.2. The van der Waals surface area contributed by atoms with E-state index in [4.69, 9.17) is 5.11 Å². The molecule has 0 aromatic heterocycles. The van der Waals surface area contributed by atoms with Crippen LogP contribution in [0.2, 0.25) is 0 Å². The zero-order valence-corrected chi connectivity index (χ0v) is 11.0. The Labute approximate surface area is 106 Å². The molecule has 1 amide bonds. The number of carboxylic acid groups (broad SMARTS) is 1. The molecule has 0 saturated carbocycles. The summed E-state index contributed by atoms with van der Waals surface area (Å²) in [5.74, 6) is 0.332. The number of carboxylic acids is 1. The number of amides is 1. The maximum absolute atomic E-state index is 11.7. The zero-order chi connectivity index (χ0) is 12.7. The molecule has 1 aliphatic heterocycles. The van der Waals surface area contributed by atoms with Crippen molar-refractivity contribution in [3.63, 3.8) is 0 Å². The van der Waals surface area contributed by atoms with Crippen LogP contribution in [0.5, 0.6) is 0 Å². The zero-order valence-electron chi connectivity index (χ0n) is 10.2. The predicted octanol–water partition coefficient (Wildman–Crippen LogP) is 0.358. The Morgan fingerprint density at radius 3 is 2.35 bits per heavy atom. The summed E-state index contributed by atoms with van der Waals surface area (Å²) in [5.41, 5.74) is 0. The first-order valence-corrected chi connectivity index (χ1v) is 7.23. The van der Waals surface area contributed by atoms with Crippen molar-refractivity contribution in [2.75, 3.05) is 44.7 Å². The van der Waals surface area contributed by atoms with Gasteiger partial charge in [-0.1, -0.05) is 0 Å². The lowest BCUT2D eigenvalue weighted by atomic mass is 10.2. The van der Waals surface area contributed by atoms with Gasteiger partial charge in [0.1, 0.15) is 0 Å². The predicted molar refractivity (Wildman–Crippen MR) is 68.3 cm³/mol. The maximum Gasteiger partial charge on any atom is 0.304 e. The summed E-state index contributed by atoms with van der Waals surface area (Å²) < 4.78 is 0. The van der Waals surface area contributed by atoms with Gasteiger partial charge in [0.15, 0.2) is 0 Å². The van der Waals surface area contributed by atoms with E-state index in [1.54, 1.807) is 11.8 Å². The minimum atomic E-state index is -0.761. The van der Waals surface area contributed by atoms with Crippen LogP contribution >= 0.6 is 11.8 Å². The van der Waals surface area contributed by atoms with E-state index in [1.807, 2.05) is 11.2 Å². The van der Waals surface area contributed by atoms with Crippen LogP contribution in [-0.2, 0) is 9.59 Å². The first kappa shape index (κ1) is 14.3. The van der Waals surface area contributed by atoms with Gasteiger partial charge in [0, 0.05) is 44.9 Å². The third-order valence-corrected chi connectivity index (χ3v) is 3.50. The molecule has 1 heterocycles. The van der Waals surface area contributed by atoms with Crippen LogP contribution in [0, 0.1) is 0 Å². The van der Waals surface area contributed by atoms with Gasteiger partial charge >= 0.3 is 5.97 Å². The molecule has 0 unspecified atom stereocenters. The molecular weight excluding hydrogens is 240 g/mol. The number of aliphatic carboxylic acids is 1. The Bertz CT molecular complexity index is 265. The quantitative estimate of drug-likeness (QED) is 0.747. The smallest absolute Gasteiger partial charge is 0.304 e. The van der Waals surface area contributed by atoms with Crippen molar-refractivity contribution in [2.45, 2.75) is 12.8 Å². The molecule has 6 heteroatoms. The van der Waals surface area contributed by atoms with Gasteiger partial charge in [-0.05, 0) is 6.26 Å². The van der Waals surface area contributed by atoms with Crippen LogP contribution in [0.1, 0.15) is 12.8 Å². The van der Waals surface area contributed by atoms with Crippen molar-refractivity contribution in [3.05, 3.63) is 0 Å². The number of nitrogens with zero attached hydrogens (tertiary/aromatic N) is 2. The Morgan fingerprint density at radius 2 is 1.82 bits per heavy atom. The summed E-state index contributed by atoms with van der Waals surface area (Å²) in [5, 5.41) is 8.59. The lowest BCUT2D eigenvalue weighted by Crippen LogP contribution is -2.49. The standard InChI is InChI=1S/C11H20N2O3S/c1-17-9-3-10(14)13-7-5-12(6-8-13)4-2-11(15)16/h2-9H2,1H3,(H,15,16). The summed E-state index contributed by atoms with van der Waals surface area (Å²) in [6.07, 6.45) is 2.79. The second-order valence-electron chi connectivity index (χ2n) is 4.11. The maximum atomic E-state index is 11.7. The average molecular weight is 260 g/mol. The second-order valence-corrected chi connectivity index (χ2v) is 5.09. The van der Waals surface area contributed by atoms with Crippen molar-refractivity contribution in [3.8, 4) is 0 Å². The molecule has 0 bridgehead atoms. The Hall–Kier alpha value is -0.750. The molecule has 98 valence electrons. The van der Waals surface area contributed by atoms with Gasteiger partial charge in [-0.15, -0.1) is 0 Å². The highest BCUT2D eigenvalue weighted by Gasteiger charge is 2.20. The molecule has 0 aromatic carbocycles. The third-order valence-electron chi connectivity index (χ3n) is 2.89. The molecule has 0 aliphatic carbocycles. The number of hydrogen-bond acceptors (Lipinski definition) is 4. The molecule has 1 N–H and O–H groups in total. The largest absolute Gasteiger partial charge is 0.481 e. The first-order chi connectivity index (χ1) is 8.13. The minimum absolute atomic E-state index is 0.181. The molecule has 17 heavy (non-hydrogen) atoms. The Morgan fingerprint density at radius 1 is 1.18 bits per heavy atom. The van der Waals surface area contributed by atoms with Crippen molar-refractivity contribution in [1.82, 2.24) is 9.80 Å². The Balaban J connectivity index is 2.20. The van der Waals surface area contributed by atoms with Gasteiger partial charge in [-0.2, -0.15) is 11.8 Å². The third kappa shape index (κ3) is 5.41. The minimum Gasteiger partial charge on any atom is -0.481 e. The van der Waals surface area contributed by atoms with E-state index >= 15 is 0 Å². The first-order valence-electron chi connectivity index (χ1n) is 5.84. The number of rotatable bonds is 6. The van der Waals surface area contributed by atoms with Crippen LogP contribution in [-0.4, -0.2) is 71.5 Å². The number of thioether (sulfide) groups is 1. The van der Waals surface area contributed by atoms with E-state index in [0.29, 0.717) is 13.0 Å². The summed E-state index contributed by atoms with van der Waals surface area (Å²) in [4.78, 5) is 26.2. The van der Waals surface area contributed by atoms with Crippen LogP contribution in [0.25, 0.3) is 0 Å². The van der Waals surface area contributed by atoms with Crippen LogP contribution in [0.15, 0.2) is 0 Å². The fourth-order valence-corrected chi connectivity index (χ4v) is 2.20. The SMILES string of the molecule is CSCCC(=O)N1CCN(CCC(=O)O)CC1. The van der Waals surface area contributed by atoms with Crippen molar-refractivity contribution in [2.24, 2.45) is 0 Å². The number of piperazine rings is 1. The highest BCUT2D eigenvalue weighted by molar-refractivity contribution is 7.98. The van der Waals surface area contributed by atoms with Crippen molar-refractivity contribution >= 4 is 23.6 Å². The van der Waals surface area contributed by atoms with Crippen molar-refractivity contribution < 1.29 is 14.7 Å². The molecule has 1 rings (SSSR count). The molecule has 0 atom stereocenters. The monoisotopic (exact) mass is 260 g/mol. The average Bonchev–Trinajstić information content (AvgIpc) is 2.34. The fraction of sp³-hybridized carbons (Fsp3) is 0.818. The van der Waals surface area contributed by atoms with Crippen LogP contribution in [0.4, 0.5) is 0 Å². The lowest BCUT2D eigenvalue weighted by molar-refractivity contribution is -0.138. The van der Waals surface area contributed by atoms with Gasteiger partial charge in [0.05, 0.1) is 6.42 Å². The number of hydrogen-bond donors (Lipinski definition) is 1. The summed E-state index contributed by atoms with van der Waals surface area (Å²) >= 11 is 1.68. The molecule has 5 nitrogen and oxygen atoms in total. The van der Waals surface area contributed by atoms with E-state index in [9.17, 15) is 9.59 Å². The molecule has 1 aliphatic rings. The molecule has 0 spiro atoms. The molecule has 1 saturated heterocycles. The van der Waals surface area contributed by atoms with Crippen molar-refractivity contribution in [1.29, 1.82) is 0 Å². The summed E-state index contributed by atoms with van der Waals surface area (Å²) in [6.45, 7) is 3.62. The molecule has 0 aromatic rings. The van der Waals surface area contributed by atoms with Gasteiger partial charge in [0.25, 0.3) is 0 Å². The fourth-order valence-electron chi connectivity index (χ4n) is 1.82. The van der Waals surface area contributed by atoms with Gasteiger partial charge in [-0.25, -0.2) is 0 Å². The van der Waals surface area contributed by atoms with E-state index in [0.717, 1.165) is 31.9 Å². The number of carbonyl (C=O) groups excluding carboxylic acids is 1. The molecular formula is C11H20N2O3S. The number of carbonyl (C=O) groups is 2. The topological polar surface area (TPSA) is 60.9 Å².